The number of anilines is 2. The molecule has 0 saturated carbocycles. The largest absolute Gasteiger partial charge is 0.378 e. The Hall–Kier alpha value is -2.34. The van der Waals surface area contributed by atoms with E-state index in [1.54, 1.807) is 11.7 Å². The summed E-state index contributed by atoms with van der Waals surface area (Å²) in [6.07, 6.45) is 2.77. The molecule has 6 nitrogen and oxygen atoms in total. The Morgan fingerprint density at radius 2 is 2.14 bits per heavy atom. The van der Waals surface area contributed by atoms with E-state index in [-0.39, 0.29) is 5.91 Å². The first-order valence-corrected chi connectivity index (χ1v) is 6.75. The van der Waals surface area contributed by atoms with Crippen molar-refractivity contribution in [3.05, 3.63) is 41.7 Å². The van der Waals surface area contributed by atoms with Crippen LogP contribution >= 0.6 is 0 Å². The zero-order valence-electron chi connectivity index (χ0n) is 12.3. The van der Waals surface area contributed by atoms with Gasteiger partial charge in [-0.2, -0.15) is 5.10 Å². The van der Waals surface area contributed by atoms with Gasteiger partial charge in [0.15, 0.2) is 6.10 Å². The highest BCUT2D eigenvalue weighted by molar-refractivity contribution is 6.03. The van der Waals surface area contributed by atoms with Crippen molar-refractivity contribution in [3.63, 3.8) is 0 Å². The fourth-order valence-electron chi connectivity index (χ4n) is 2.65. The van der Waals surface area contributed by atoms with Crippen molar-refractivity contribution in [3.8, 4) is 0 Å². The van der Waals surface area contributed by atoms with Crippen molar-refractivity contribution in [1.82, 2.24) is 9.78 Å². The highest BCUT2D eigenvalue weighted by Gasteiger charge is 2.33. The van der Waals surface area contributed by atoms with Crippen molar-refractivity contribution in [2.24, 2.45) is 7.05 Å². The van der Waals surface area contributed by atoms with Gasteiger partial charge in [-0.3, -0.25) is 9.48 Å². The summed E-state index contributed by atoms with van der Waals surface area (Å²) in [6.45, 7) is 0.729. The smallest absolute Gasteiger partial charge is 0.260 e. The van der Waals surface area contributed by atoms with Gasteiger partial charge in [0, 0.05) is 50.7 Å². The fourth-order valence-corrected chi connectivity index (χ4v) is 2.65. The molecule has 0 spiro atoms. The van der Waals surface area contributed by atoms with E-state index < -0.39 is 6.10 Å². The first-order valence-electron chi connectivity index (χ1n) is 6.75. The maximum atomic E-state index is 11.8. The number of amides is 1. The summed E-state index contributed by atoms with van der Waals surface area (Å²) in [7, 11) is 5.56. The molecule has 1 aromatic carbocycles. The third-order valence-corrected chi connectivity index (χ3v) is 3.85. The third kappa shape index (κ3) is 2.27. The van der Waals surface area contributed by atoms with Crippen LogP contribution in [0.15, 0.2) is 30.6 Å². The molecule has 0 radical (unpaired) electrons. The van der Waals surface area contributed by atoms with Gasteiger partial charge in [-0.15, -0.1) is 0 Å². The molecule has 0 fully saturated rings. The van der Waals surface area contributed by atoms with Crippen LogP contribution in [0, 0.1) is 0 Å². The first-order chi connectivity index (χ1) is 9.97. The Morgan fingerprint density at radius 3 is 2.81 bits per heavy atom. The van der Waals surface area contributed by atoms with Gasteiger partial charge in [-0.1, -0.05) is 6.07 Å². The van der Waals surface area contributed by atoms with Crippen LogP contribution in [0.5, 0.6) is 0 Å². The molecule has 1 unspecified atom stereocenters. The number of aromatic nitrogens is 2. The van der Waals surface area contributed by atoms with Crippen molar-refractivity contribution >= 4 is 17.3 Å². The molecule has 110 valence electrons. The number of nitrogens with zero attached hydrogens (tertiary/aromatic N) is 4. The van der Waals surface area contributed by atoms with Crippen molar-refractivity contribution in [2.45, 2.75) is 12.6 Å². The molecule has 0 bridgehead atoms. The minimum absolute atomic E-state index is 0.280. The summed E-state index contributed by atoms with van der Waals surface area (Å²) >= 11 is 0. The van der Waals surface area contributed by atoms with Crippen LogP contribution in [0.25, 0.3) is 0 Å². The van der Waals surface area contributed by atoms with Gasteiger partial charge in [-0.25, -0.2) is 0 Å². The molecule has 0 saturated heterocycles. The number of fused-ring (bicyclic) bond motifs is 1. The maximum Gasteiger partial charge on any atom is 0.260 e. The monoisotopic (exact) mass is 286 g/mol. The molecule has 2 aromatic rings. The molecule has 21 heavy (non-hydrogen) atoms. The van der Waals surface area contributed by atoms with Crippen molar-refractivity contribution in [1.29, 1.82) is 0 Å². The van der Waals surface area contributed by atoms with Crippen LogP contribution < -0.4 is 9.80 Å². The molecule has 0 aliphatic carbocycles. The summed E-state index contributed by atoms with van der Waals surface area (Å²) in [5.41, 5.74) is 3.54. The molecule has 1 aromatic heterocycles. The van der Waals surface area contributed by atoms with E-state index in [0.717, 1.165) is 23.5 Å². The van der Waals surface area contributed by atoms with E-state index >= 15 is 0 Å². The number of aliphatic hydroxyl groups is 1. The number of carbonyl (C=O) groups is 1. The second-order valence-corrected chi connectivity index (χ2v) is 5.42. The van der Waals surface area contributed by atoms with Crippen molar-refractivity contribution in [2.75, 3.05) is 23.9 Å². The average molecular weight is 286 g/mol. The second-order valence-electron chi connectivity index (χ2n) is 5.42. The highest BCUT2D eigenvalue weighted by Crippen LogP contribution is 2.37. The van der Waals surface area contributed by atoms with Gasteiger partial charge in [0.25, 0.3) is 5.91 Å². The quantitative estimate of drug-likeness (QED) is 0.916. The van der Waals surface area contributed by atoms with Crippen molar-refractivity contribution < 1.29 is 9.90 Å². The lowest BCUT2D eigenvalue weighted by Gasteiger charge is -2.20. The van der Waals surface area contributed by atoms with E-state index in [4.69, 9.17) is 0 Å². The number of rotatable bonds is 3. The molecule has 1 aliphatic heterocycles. The SMILES string of the molecule is CN(Cc1cnn(C)c1)c1ccc2c(c1)N(C)C(=O)C2O. The molecule has 2 heterocycles. The number of aryl methyl sites for hydroxylation is 1. The Kier molecular flexibility index (Phi) is 3.17. The van der Waals surface area contributed by atoms with Gasteiger partial charge in [0.05, 0.1) is 11.9 Å². The average Bonchev–Trinajstić information content (AvgIpc) is 2.97. The lowest BCUT2D eigenvalue weighted by Crippen LogP contribution is -2.23. The number of likely N-dealkylation sites (N-methyl/N-ethyl adjacent to an activating group) is 1. The van der Waals surface area contributed by atoms with Crippen LogP contribution in [0.3, 0.4) is 0 Å². The van der Waals surface area contributed by atoms with Gasteiger partial charge in [0.2, 0.25) is 0 Å². The third-order valence-electron chi connectivity index (χ3n) is 3.85. The lowest BCUT2D eigenvalue weighted by atomic mass is 10.1. The van der Waals surface area contributed by atoms with Crippen LogP contribution in [0.1, 0.15) is 17.2 Å². The predicted octanol–water partition coefficient (Wildman–Crippen LogP) is 1.07. The highest BCUT2D eigenvalue weighted by atomic mass is 16.3. The summed E-state index contributed by atoms with van der Waals surface area (Å²) < 4.78 is 1.77. The molecular formula is C15H18N4O2. The zero-order chi connectivity index (χ0) is 15.1. The summed E-state index contributed by atoms with van der Waals surface area (Å²) in [5.74, 6) is -0.280. The van der Waals surface area contributed by atoms with Gasteiger partial charge in [0.1, 0.15) is 0 Å². The minimum Gasteiger partial charge on any atom is -0.378 e. The molecule has 6 heteroatoms. The molecular weight excluding hydrogens is 268 g/mol. The van der Waals surface area contributed by atoms with Gasteiger partial charge < -0.3 is 14.9 Å². The summed E-state index contributed by atoms with van der Waals surface area (Å²) in [6, 6.07) is 5.67. The lowest BCUT2D eigenvalue weighted by molar-refractivity contribution is -0.125. The number of benzene rings is 1. The molecule has 3 rings (SSSR count). The van der Waals surface area contributed by atoms with Crippen LogP contribution in [-0.4, -0.2) is 34.9 Å². The Bertz CT molecular complexity index is 695. The minimum atomic E-state index is -1.04. The number of hydrogen-bond donors (Lipinski definition) is 1. The van der Waals surface area contributed by atoms with E-state index in [9.17, 15) is 9.90 Å². The van der Waals surface area contributed by atoms with Crippen LogP contribution in [0.2, 0.25) is 0 Å². The number of aliphatic hydroxyl groups excluding tert-OH is 1. The molecule has 1 atom stereocenters. The molecule has 1 aliphatic rings. The summed E-state index contributed by atoms with van der Waals surface area (Å²) in [5, 5.41) is 14.0. The van der Waals surface area contributed by atoms with E-state index in [1.165, 1.54) is 4.90 Å². The Balaban J connectivity index is 1.86. The van der Waals surface area contributed by atoms with E-state index in [2.05, 4.69) is 10.00 Å². The zero-order valence-corrected chi connectivity index (χ0v) is 12.3. The molecule has 1 amide bonds. The second kappa shape index (κ2) is 4.89. The van der Waals surface area contributed by atoms with E-state index in [1.807, 2.05) is 44.7 Å². The van der Waals surface area contributed by atoms with Gasteiger partial charge in [-0.05, 0) is 12.1 Å². The molecule has 1 N–H and O–H groups in total. The Morgan fingerprint density at radius 1 is 1.38 bits per heavy atom. The fraction of sp³-hybridized carbons (Fsp3) is 0.333. The standard InChI is InChI=1S/C15H18N4O2/c1-17(8-10-7-16-18(2)9-10)11-4-5-12-13(6-11)19(3)15(21)14(12)20/h4-7,9,14,20H,8H2,1-3H3. The number of carbonyl (C=O) groups excluding carboxylic acids is 1. The Labute approximate surface area is 123 Å². The normalized spacial score (nSPS) is 17.2. The summed E-state index contributed by atoms with van der Waals surface area (Å²) in [4.78, 5) is 15.4. The van der Waals surface area contributed by atoms with Gasteiger partial charge >= 0.3 is 0 Å². The van der Waals surface area contributed by atoms with Crippen LogP contribution in [-0.2, 0) is 18.4 Å². The first kappa shape index (κ1) is 13.6. The number of hydrogen-bond acceptors (Lipinski definition) is 4. The van der Waals surface area contributed by atoms with E-state index in [0.29, 0.717) is 5.56 Å². The predicted molar refractivity (Wildman–Crippen MR) is 80.1 cm³/mol. The maximum absolute atomic E-state index is 11.8. The topological polar surface area (TPSA) is 61.6 Å². The van der Waals surface area contributed by atoms with Crippen LogP contribution in [0.4, 0.5) is 11.4 Å².